The second-order valence-electron chi connectivity index (χ2n) is 29.9. The van der Waals surface area contributed by atoms with Crippen LogP contribution in [-0.4, -0.2) is 96.7 Å². The van der Waals surface area contributed by atoms with Gasteiger partial charge in [-0.3, -0.25) is 37.3 Å². The molecule has 0 aliphatic heterocycles. The predicted octanol–water partition coefficient (Wildman–Crippen LogP) is 23.4. The Bertz CT molecular complexity index is 1900. The van der Waals surface area contributed by atoms with E-state index in [-0.39, 0.29) is 25.7 Å². The minimum absolute atomic E-state index is 0.101. The van der Waals surface area contributed by atoms with Gasteiger partial charge in [0.05, 0.1) is 26.4 Å². The third kappa shape index (κ3) is 72.4. The highest BCUT2D eigenvalue weighted by molar-refractivity contribution is 7.47. The first-order valence-electron chi connectivity index (χ1n) is 40.8. The van der Waals surface area contributed by atoms with Crippen LogP contribution in [0, 0.1) is 17.8 Å². The quantitative estimate of drug-likeness (QED) is 0.0222. The molecule has 0 aliphatic carbocycles. The molecule has 0 saturated carbocycles. The number of ether oxygens (including phenoxy) is 4. The standard InChI is InChI=1S/C79H154O17P2/c1-8-9-10-11-12-13-14-15-16-17-18-19-20-21-26-29-32-35-38-48-55-62-78(83)95-74(66-89-76(81)60-53-46-37-34-31-28-25-23-22-24-27-30-33-36-43-50-57-70(2)3)68-93-97(85,86)91-64-73(80)65-92-98(87,88)94-69-75(96-79(84)63-56-49-42-40-45-52-59-72(6)7)67-90-77(82)61-54-47-41-39-44-51-58-71(4)5/h70-75,80H,8-69H2,1-7H3,(H,85,86)(H,87,88)/t73-,74-,75-/m1/s1. The highest BCUT2D eigenvalue weighted by Crippen LogP contribution is 2.45. The number of hydrogen-bond acceptors (Lipinski definition) is 15. The Morgan fingerprint density at radius 1 is 0.276 bits per heavy atom. The van der Waals surface area contributed by atoms with Crippen LogP contribution >= 0.6 is 15.6 Å². The highest BCUT2D eigenvalue weighted by atomic mass is 31.2. The van der Waals surface area contributed by atoms with Gasteiger partial charge in [0.25, 0.3) is 0 Å². The van der Waals surface area contributed by atoms with Gasteiger partial charge in [-0.2, -0.15) is 0 Å². The van der Waals surface area contributed by atoms with Crippen molar-refractivity contribution < 1.29 is 80.2 Å². The Hall–Kier alpha value is -1.94. The summed E-state index contributed by atoms with van der Waals surface area (Å²) in [4.78, 5) is 72.8. The smallest absolute Gasteiger partial charge is 0.462 e. The molecule has 0 bridgehead atoms. The minimum Gasteiger partial charge on any atom is -0.462 e. The van der Waals surface area contributed by atoms with Crippen molar-refractivity contribution in [1.29, 1.82) is 0 Å². The molecule has 0 heterocycles. The van der Waals surface area contributed by atoms with Crippen molar-refractivity contribution in [3.05, 3.63) is 0 Å². The minimum atomic E-state index is -4.96. The molecule has 98 heavy (non-hydrogen) atoms. The molecule has 0 saturated heterocycles. The van der Waals surface area contributed by atoms with E-state index in [1.807, 2.05) is 0 Å². The van der Waals surface area contributed by atoms with Gasteiger partial charge in [0.15, 0.2) is 12.2 Å². The third-order valence-electron chi connectivity index (χ3n) is 18.4. The lowest BCUT2D eigenvalue weighted by Gasteiger charge is -2.21. The van der Waals surface area contributed by atoms with Crippen LogP contribution in [0.25, 0.3) is 0 Å². The number of phosphoric ester groups is 2. The van der Waals surface area contributed by atoms with Crippen LogP contribution in [0.5, 0.6) is 0 Å². The molecule has 0 fully saturated rings. The van der Waals surface area contributed by atoms with Crippen LogP contribution in [0.1, 0.15) is 408 Å². The molecular weight excluding hydrogens is 1280 g/mol. The molecule has 0 aromatic carbocycles. The average Bonchev–Trinajstić information content (AvgIpc) is 1.03. The van der Waals surface area contributed by atoms with Crippen LogP contribution in [0.15, 0.2) is 0 Å². The lowest BCUT2D eigenvalue weighted by atomic mass is 10.0. The Labute approximate surface area is 600 Å². The fourth-order valence-electron chi connectivity index (χ4n) is 12.1. The molecule has 5 atom stereocenters. The summed E-state index contributed by atoms with van der Waals surface area (Å²) in [7, 11) is -9.91. The Kier molecular flexibility index (Phi) is 68.1. The summed E-state index contributed by atoms with van der Waals surface area (Å²) in [5, 5.41) is 10.6. The summed E-state index contributed by atoms with van der Waals surface area (Å²) in [6.07, 6.45) is 57.5. The maximum absolute atomic E-state index is 13.1. The van der Waals surface area contributed by atoms with Gasteiger partial charge < -0.3 is 33.8 Å². The van der Waals surface area contributed by atoms with Crippen molar-refractivity contribution >= 4 is 39.5 Å². The first-order chi connectivity index (χ1) is 47.2. The van der Waals surface area contributed by atoms with E-state index in [0.717, 1.165) is 102 Å². The number of rotatable bonds is 77. The van der Waals surface area contributed by atoms with Gasteiger partial charge in [0, 0.05) is 25.7 Å². The molecule has 0 aliphatic rings. The zero-order valence-electron chi connectivity index (χ0n) is 64.3. The number of carbonyl (C=O) groups is 4. The van der Waals surface area contributed by atoms with Crippen LogP contribution in [-0.2, 0) is 65.4 Å². The van der Waals surface area contributed by atoms with Gasteiger partial charge in [-0.1, -0.05) is 357 Å². The van der Waals surface area contributed by atoms with Gasteiger partial charge in [-0.05, 0) is 43.4 Å². The molecule has 2 unspecified atom stereocenters. The van der Waals surface area contributed by atoms with E-state index in [1.54, 1.807) is 0 Å². The number of aliphatic hydroxyl groups is 1. The molecule has 582 valence electrons. The third-order valence-corrected chi connectivity index (χ3v) is 20.3. The number of carbonyl (C=O) groups excluding carboxylic acids is 4. The summed E-state index contributed by atoms with van der Waals surface area (Å²) >= 11 is 0. The zero-order valence-corrected chi connectivity index (χ0v) is 66.0. The summed E-state index contributed by atoms with van der Waals surface area (Å²) < 4.78 is 68.5. The van der Waals surface area contributed by atoms with E-state index >= 15 is 0 Å². The van der Waals surface area contributed by atoms with Crippen LogP contribution < -0.4 is 0 Å². The Morgan fingerprint density at radius 3 is 0.694 bits per heavy atom. The van der Waals surface area contributed by atoms with E-state index in [2.05, 4.69) is 48.5 Å². The van der Waals surface area contributed by atoms with E-state index in [9.17, 15) is 43.2 Å². The molecule has 0 rings (SSSR count). The van der Waals surface area contributed by atoms with Crippen molar-refractivity contribution in [2.24, 2.45) is 17.8 Å². The average molecular weight is 1440 g/mol. The first-order valence-corrected chi connectivity index (χ1v) is 43.8. The van der Waals surface area contributed by atoms with Crippen molar-refractivity contribution in [1.82, 2.24) is 0 Å². The summed E-state index contributed by atoms with van der Waals surface area (Å²) in [5.41, 5.74) is 0. The summed E-state index contributed by atoms with van der Waals surface area (Å²) in [6.45, 7) is 11.8. The largest absolute Gasteiger partial charge is 0.472 e. The Balaban J connectivity index is 5.17. The lowest BCUT2D eigenvalue weighted by molar-refractivity contribution is -0.161. The molecule has 0 spiro atoms. The van der Waals surface area contributed by atoms with Crippen LogP contribution in [0.3, 0.4) is 0 Å². The number of esters is 4. The van der Waals surface area contributed by atoms with E-state index < -0.39 is 97.5 Å². The monoisotopic (exact) mass is 1440 g/mol. The van der Waals surface area contributed by atoms with Crippen molar-refractivity contribution in [3.63, 3.8) is 0 Å². The van der Waals surface area contributed by atoms with Crippen molar-refractivity contribution in [2.75, 3.05) is 39.6 Å². The number of unbranched alkanes of at least 4 members (excludes halogenated alkanes) is 45. The normalized spacial score (nSPS) is 14.0. The second-order valence-corrected chi connectivity index (χ2v) is 32.8. The molecule has 3 N–H and O–H groups in total. The van der Waals surface area contributed by atoms with E-state index in [0.29, 0.717) is 37.5 Å². The van der Waals surface area contributed by atoms with Gasteiger partial charge in [-0.15, -0.1) is 0 Å². The van der Waals surface area contributed by atoms with E-state index in [1.165, 1.54) is 212 Å². The number of aliphatic hydroxyl groups excluding tert-OH is 1. The van der Waals surface area contributed by atoms with Gasteiger partial charge in [-0.25, -0.2) is 9.13 Å². The van der Waals surface area contributed by atoms with Gasteiger partial charge in [0.1, 0.15) is 19.3 Å². The summed E-state index contributed by atoms with van der Waals surface area (Å²) in [6, 6.07) is 0. The van der Waals surface area contributed by atoms with Crippen LogP contribution in [0.2, 0.25) is 0 Å². The molecule has 17 nitrogen and oxygen atoms in total. The second kappa shape index (κ2) is 69.4. The maximum atomic E-state index is 13.1. The maximum Gasteiger partial charge on any atom is 0.472 e. The SMILES string of the molecule is CCCCCCCCCCCCCCCCCCCCCCCC(=O)O[C@H](COC(=O)CCCCCCCCCCCCCCCCCCC(C)C)COP(=O)(O)OC[C@@H](O)COP(=O)(O)OC[C@@H](COC(=O)CCCCCCCCC(C)C)OC(=O)CCCCCCCCC(C)C. The van der Waals surface area contributed by atoms with Gasteiger partial charge in [0.2, 0.25) is 0 Å². The van der Waals surface area contributed by atoms with Gasteiger partial charge >= 0.3 is 39.5 Å². The molecule has 0 aromatic heterocycles. The number of hydrogen-bond donors (Lipinski definition) is 3. The molecule has 0 amide bonds. The predicted molar refractivity (Wildman–Crippen MR) is 400 cm³/mol. The fourth-order valence-corrected chi connectivity index (χ4v) is 13.7. The lowest BCUT2D eigenvalue weighted by Crippen LogP contribution is -2.30. The molecular formula is C79H154O17P2. The van der Waals surface area contributed by atoms with Crippen LogP contribution in [0.4, 0.5) is 0 Å². The highest BCUT2D eigenvalue weighted by Gasteiger charge is 2.30. The first kappa shape index (κ1) is 96.1. The summed E-state index contributed by atoms with van der Waals surface area (Å²) in [5.74, 6) is 0.0385. The Morgan fingerprint density at radius 2 is 0.469 bits per heavy atom. The molecule has 19 heteroatoms. The zero-order chi connectivity index (χ0) is 72.3. The number of phosphoric acid groups is 2. The topological polar surface area (TPSA) is 237 Å². The fraction of sp³-hybridized carbons (Fsp3) is 0.949. The van der Waals surface area contributed by atoms with E-state index in [4.69, 9.17) is 37.0 Å². The molecule has 0 radical (unpaired) electrons. The van der Waals surface area contributed by atoms with Crippen molar-refractivity contribution in [3.8, 4) is 0 Å². The molecule has 0 aromatic rings. The van der Waals surface area contributed by atoms with Crippen molar-refractivity contribution in [2.45, 2.75) is 426 Å².